The number of carboxylic acid groups (broad SMARTS) is 1. The highest BCUT2D eigenvalue weighted by atomic mass is 32.2. The maximum Gasteiger partial charge on any atom is 0.340 e. The first-order valence-electron chi connectivity index (χ1n) is 10.1. The molecule has 0 radical (unpaired) electrons. The van der Waals surface area contributed by atoms with Crippen LogP contribution in [-0.4, -0.2) is 67.6 Å². The zero-order valence-corrected chi connectivity index (χ0v) is 18.2. The maximum absolute atomic E-state index is 15.6. The number of rotatable bonds is 2. The fraction of sp³-hybridized carbons (Fsp3) is 0.455. The molecule has 158 valence electrons. The molecule has 0 aromatic heterocycles. The Bertz CT molecular complexity index is 1050. The lowest BCUT2D eigenvalue weighted by atomic mass is 9.75. The second-order valence-corrected chi connectivity index (χ2v) is 9.67. The average molecular weight is 430 g/mol. The van der Waals surface area contributed by atoms with Crippen LogP contribution in [0.1, 0.15) is 35.7 Å². The number of thioether (sulfide) groups is 1. The summed E-state index contributed by atoms with van der Waals surface area (Å²) in [7, 11) is 4.00. The zero-order chi connectivity index (χ0) is 21.5. The number of allylic oxidation sites excluding steroid dienone is 1. The van der Waals surface area contributed by atoms with E-state index < -0.39 is 17.6 Å². The number of halogens is 1. The first kappa shape index (κ1) is 19.6. The number of anilines is 2. The highest BCUT2D eigenvalue weighted by Gasteiger charge is 2.47. The Balaban J connectivity index is 1.74. The monoisotopic (exact) mass is 429 g/mol. The minimum atomic E-state index is -1.24. The summed E-state index contributed by atoms with van der Waals surface area (Å²) < 4.78 is 15.6. The number of carbonyl (C=O) groups excluding carboxylic acids is 1. The van der Waals surface area contributed by atoms with E-state index in [1.54, 1.807) is 0 Å². The molecule has 3 heterocycles. The predicted octanol–water partition coefficient (Wildman–Crippen LogP) is 3.05. The molecule has 0 spiro atoms. The van der Waals surface area contributed by atoms with Gasteiger partial charge in [0.1, 0.15) is 11.4 Å². The number of carboxylic acids is 1. The lowest BCUT2D eigenvalue weighted by Crippen LogP contribution is -2.55. The summed E-state index contributed by atoms with van der Waals surface area (Å²) in [5, 5.41) is 11.6. The Labute approximate surface area is 179 Å². The van der Waals surface area contributed by atoms with Crippen molar-refractivity contribution in [3.05, 3.63) is 44.5 Å². The number of carbonyl (C=O) groups is 2. The molecule has 4 aliphatic rings. The summed E-state index contributed by atoms with van der Waals surface area (Å²) in [4.78, 5) is 31.9. The molecule has 0 bridgehead atoms. The van der Waals surface area contributed by atoms with E-state index in [4.69, 9.17) is 0 Å². The van der Waals surface area contributed by atoms with Crippen molar-refractivity contribution in [1.29, 1.82) is 0 Å². The third-order valence-corrected chi connectivity index (χ3v) is 8.05. The van der Waals surface area contributed by atoms with Gasteiger partial charge in [-0.2, -0.15) is 0 Å². The molecule has 30 heavy (non-hydrogen) atoms. The minimum absolute atomic E-state index is 0.188. The van der Waals surface area contributed by atoms with Crippen LogP contribution in [0.25, 0.3) is 0 Å². The Morgan fingerprint density at radius 1 is 1.20 bits per heavy atom. The normalized spacial score (nSPS) is 28.1. The summed E-state index contributed by atoms with van der Waals surface area (Å²) in [6, 6.07) is 1.79. The van der Waals surface area contributed by atoms with Gasteiger partial charge in [-0.05, 0) is 37.9 Å². The number of likely N-dealkylation sites (N-methyl/N-ethyl adjacent to an activating group) is 2. The first-order chi connectivity index (χ1) is 14.2. The van der Waals surface area contributed by atoms with E-state index >= 15 is 4.39 Å². The molecule has 1 N–H and O–H groups in total. The van der Waals surface area contributed by atoms with Crippen LogP contribution in [0.15, 0.2) is 27.5 Å². The van der Waals surface area contributed by atoms with Crippen molar-refractivity contribution < 1.29 is 19.1 Å². The first-order valence-corrected chi connectivity index (χ1v) is 11.0. The quantitative estimate of drug-likeness (QED) is 0.725. The lowest BCUT2D eigenvalue weighted by molar-refractivity contribution is -0.132. The van der Waals surface area contributed by atoms with Crippen molar-refractivity contribution in [3.63, 3.8) is 0 Å². The number of aliphatic carboxylic acids is 1. The minimum Gasteiger partial charge on any atom is -0.478 e. The summed E-state index contributed by atoms with van der Waals surface area (Å²) in [6.45, 7) is 6.23. The second kappa shape index (κ2) is 6.59. The van der Waals surface area contributed by atoms with Crippen LogP contribution in [-0.2, 0) is 4.79 Å². The molecule has 3 atom stereocenters. The molecule has 1 aromatic carbocycles. The van der Waals surface area contributed by atoms with Crippen LogP contribution < -0.4 is 9.80 Å². The average Bonchev–Trinajstić information content (AvgIpc) is 3.08. The van der Waals surface area contributed by atoms with Crippen molar-refractivity contribution in [2.75, 3.05) is 43.5 Å². The van der Waals surface area contributed by atoms with E-state index in [-0.39, 0.29) is 29.1 Å². The van der Waals surface area contributed by atoms with E-state index in [1.165, 1.54) is 17.8 Å². The molecule has 5 rings (SSSR count). The smallest absolute Gasteiger partial charge is 0.340 e. The van der Waals surface area contributed by atoms with E-state index in [1.807, 2.05) is 17.4 Å². The number of benzene rings is 1. The molecule has 0 amide bonds. The SMILES string of the molecule is C[C@@H]1CN(c2c(F)cc3c4c2N(C)CC2=CSC(=C(C(=O)O)C3=O)C24)C[C@H](C)N1C. The third kappa shape index (κ3) is 2.53. The van der Waals surface area contributed by atoms with Crippen LogP contribution >= 0.6 is 11.8 Å². The van der Waals surface area contributed by atoms with Crippen LogP contribution in [0.4, 0.5) is 15.8 Å². The zero-order valence-electron chi connectivity index (χ0n) is 17.4. The molecule has 0 saturated carbocycles. The molecular weight excluding hydrogens is 405 g/mol. The van der Waals surface area contributed by atoms with Crippen molar-refractivity contribution in [2.24, 2.45) is 0 Å². The fourth-order valence-corrected chi connectivity index (χ4v) is 6.48. The molecule has 1 aromatic rings. The number of piperazine rings is 1. The van der Waals surface area contributed by atoms with E-state index in [0.717, 1.165) is 16.8 Å². The molecule has 1 unspecified atom stereocenters. The van der Waals surface area contributed by atoms with Gasteiger partial charge in [0, 0.05) is 60.7 Å². The van der Waals surface area contributed by atoms with Gasteiger partial charge in [0.05, 0.1) is 11.4 Å². The van der Waals surface area contributed by atoms with Crippen LogP contribution in [0.5, 0.6) is 0 Å². The number of nitrogens with zero attached hydrogens (tertiary/aromatic N) is 3. The van der Waals surface area contributed by atoms with Gasteiger partial charge in [-0.1, -0.05) is 0 Å². The van der Waals surface area contributed by atoms with Crippen molar-refractivity contribution in [3.8, 4) is 0 Å². The molecular formula is C22H24FN3O3S. The Morgan fingerprint density at radius 2 is 1.87 bits per heavy atom. The standard InChI is InChI=1S/C22H24FN3O3S/c1-10-6-26(7-11(2)25(10)4)18-14(23)5-13-16-15-12(8-24(3)19(16)18)9-30-21(15)17(20(13)27)22(28)29/h5,9-11,15H,6-8H2,1-4H3,(H,28,29)/t10-,11+,15?. The molecule has 1 aliphatic carbocycles. The van der Waals surface area contributed by atoms with Gasteiger partial charge in [0.25, 0.3) is 0 Å². The topological polar surface area (TPSA) is 64.1 Å². The van der Waals surface area contributed by atoms with Crippen molar-refractivity contribution in [2.45, 2.75) is 31.8 Å². The fourth-order valence-electron chi connectivity index (χ4n) is 5.29. The predicted molar refractivity (Wildman–Crippen MR) is 116 cm³/mol. The van der Waals surface area contributed by atoms with Crippen LogP contribution in [0, 0.1) is 5.82 Å². The Morgan fingerprint density at radius 3 is 2.50 bits per heavy atom. The van der Waals surface area contributed by atoms with E-state index in [2.05, 4.69) is 30.7 Å². The van der Waals surface area contributed by atoms with Gasteiger partial charge in [-0.3, -0.25) is 9.69 Å². The second-order valence-electron chi connectivity index (χ2n) is 8.76. The maximum atomic E-state index is 15.6. The lowest BCUT2D eigenvalue weighted by Gasteiger charge is -2.46. The van der Waals surface area contributed by atoms with Gasteiger partial charge in [-0.25, -0.2) is 9.18 Å². The van der Waals surface area contributed by atoms with Gasteiger partial charge in [-0.15, -0.1) is 11.8 Å². The molecule has 3 aliphatic heterocycles. The van der Waals surface area contributed by atoms with Crippen LogP contribution in [0.2, 0.25) is 0 Å². The Hall–Kier alpha value is -2.32. The summed E-state index contributed by atoms with van der Waals surface area (Å²) in [6.07, 6.45) is 0. The summed E-state index contributed by atoms with van der Waals surface area (Å²) in [5.41, 5.74) is 3.07. The Kier molecular flexibility index (Phi) is 4.31. The number of hydrogen-bond donors (Lipinski definition) is 1. The molecule has 6 nitrogen and oxygen atoms in total. The number of ketones is 1. The summed E-state index contributed by atoms with van der Waals surface area (Å²) >= 11 is 1.32. The highest BCUT2D eigenvalue weighted by Crippen LogP contribution is 2.58. The third-order valence-electron chi connectivity index (χ3n) is 6.94. The number of Topliss-reactive ketones (excluding diaryl/α,β-unsaturated/α-hetero) is 1. The molecule has 8 heteroatoms. The molecule has 1 fully saturated rings. The van der Waals surface area contributed by atoms with Crippen LogP contribution in [0.3, 0.4) is 0 Å². The molecule has 1 saturated heterocycles. The highest BCUT2D eigenvalue weighted by molar-refractivity contribution is 8.06. The van der Waals surface area contributed by atoms with Gasteiger partial charge in [0.15, 0.2) is 0 Å². The van der Waals surface area contributed by atoms with E-state index in [9.17, 15) is 14.7 Å². The summed E-state index contributed by atoms with van der Waals surface area (Å²) in [5.74, 6) is -2.55. The van der Waals surface area contributed by atoms with Gasteiger partial charge < -0.3 is 14.9 Å². The number of hydrogen-bond acceptors (Lipinski definition) is 6. The van der Waals surface area contributed by atoms with Crippen molar-refractivity contribution in [1.82, 2.24) is 4.90 Å². The van der Waals surface area contributed by atoms with Gasteiger partial charge >= 0.3 is 5.97 Å². The van der Waals surface area contributed by atoms with Gasteiger partial charge in [0.2, 0.25) is 5.78 Å². The van der Waals surface area contributed by atoms with Crippen molar-refractivity contribution >= 4 is 34.9 Å². The van der Waals surface area contributed by atoms with E-state index in [0.29, 0.717) is 30.2 Å². The largest absolute Gasteiger partial charge is 0.478 e.